The molecule has 34 heavy (non-hydrogen) atoms. The molecule has 2 saturated heterocycles. The maximum absolute atomic E-state index is 13.9. The number of carbonyl (C=O) groups excluding carboxylic acids is 1. The van der Waals surface area contributed by atoms with E-state index in [1.54, 1.807) is 29.4 Å². The maximum atomic E-state index is 13.9. The predicted octanol–water partition coefficient (Wildman–Crippen LogP) is 3.45. The van der Waals surface area contributed by atoms with Crippen molar-refractivity contribution < 1.29 is 22.7 Å². The number of benzene rings is 1. The van der Waals surface area contributed by atoms with Crippen LogP contribution in [-0.2, 0) is 15.7 Å². The van der Waals surface area contributed by atoms with E-state index in [0.717, 1.165) is 6.07 Å². The Morgan fingerprint density at radius 2 is 1.82 bits per heavy atom. The molecule has 11 heteroatoms. The summed E-state index contributed by atoms with van der Waals surface area (Å²) in [6.07, 6.45) is -3.87. The van der Waals surface area contributed by atoms with Gasteiger partial charge in [-0.25, -0.2) is 15.0 Å². The van der Waals surface area contributed by atoms with Crippen molar-refractivity contribution in [3.05, 3.63) is 35.7 Å². The molecule has 2 aliphatic heterocycles. The van der Waals surface area contributed by atoms with Gasteiger partial charge in [-0.15, -0.1) is 0 Å². The molecular weight excluding hydrogens is 449 g/mol. The van der Waals surface area contributed by atoms with Crippen LogP contribution in [0.25, 0.3) is 22.6 Å². The van der Waals surface area contributed by atoms with Crippen LogP contribution in [0.5, 0.6) is 0 Å². The van der Waals surface area contributed by atoms with E-state index < -0.39 is 11.7 Å². The molecule has 0 unspecified atom stereocenters. The van der Waals surface area contributed by atoms with Gasteiger partial charge in [-0.05, 0) is 19.4 Å². The molecule has 0 spiro atoms. The monoisotopic (exact) mass is 474 g/mol. The third-order valence-electron chi connectivity index (χ3n) is 6.40. The molecule has 180 valence electrons. The van der Waals surface area contributed by atoms with Crippen molar-refractivity contribution in [2.75, 3.05) is 44.3 Å². The molecule has 0 saturated carbocycles. The number of piperazine rings is 1. The van der Waals surface area contributed by atoms with Crippen molar-refractivity contribution in [3.8, 4) is 11.4 Å². The van der Waals surface area contributed by atoms with Crippen LogP contribution in [0.3, 0.4) is 0 Å². The van der Waals surface area contributed by atoms with Gasteiger partial charge in [0, 0.05) is 45.3 Å². The second kappa shape index (κ2) is 8.53. The average molecular weight is 474 g/mol. The maximum Gasteiger partial charge on any atom is 0.417 e. The van der Waals surface area contributed by atoms with Gasteiger partial charge in [0.15, 0.2) is 17.0 Å². The van der Waals surface area contributed by atoms with E-state index >= 15 is 0 Å². The Hall–Kier alpha value is -3.21. The fourth-order valence-electron chi connectivity index (χ4n) is 4.71. The number of alkyl halides is 3. The number of anilines is 1. The molecule has 0 bridgehead atoms. The molecule has 0 radical (unpaired) electrons. The molecule has 0 aliphatic carbocycles. The Bertz CT molecular complexity index is 1230. The number of nitrogens with zero attached hydrogens (tertiary/aromatic N) is 6. The number of carbonyl (C=O) groups is 1. The fraction of sp³-hybridized carbons (Fsp3) is 0.478. The van der Waals surface area contributed by atoms with Crippen molar-refractivity contribution in [2.24, 2.45) is 0 Å². The van der Waals surface area contributed by atoms with Crippen molar-refractivity contribution in [1.29, 1.82) is 0 Å². The van der Waals surface area contributed by atoms with Crippen LogP contribution < -0.4 is 4.90 Å². The topological polar surface area (TPSA) is 76.4 Å². The van der Waals surface area contributed by atoms with Crippen LogP contribution in [0.1, 0.15) is 30.8 Å². The van der Waals surface area contributed by atoms with Gasteiger partial charge in [-0.1, -0.05) is 18.2 Å². The molecule has 2 fully saturated rings. The van der Waals surface area contributed by atoms with Crippen LogP contribution in [0, 0.1) is 6.92 Å². The number of aryl methyl sites for hydroxylation is 1. The van der Waals surface area contributed by atoms with Crippen molar-refractivity contribution in [3.63, 3.8) is 0 Å². The van der Waals surface area contributed by atoms with E-state index in [-0.39, 0.29) is 23.3 Å². The lowest BCUT2D eigenvalue weighted by atomic mass is 10.1. The van der Waals surface area contributed by atoms with E-state index in [1.165, 1.54) is 12.1 Å². The SMILES string of the molecule is CC(=O)N1CCN(c2nc(C)nc3c2nc(-c2ccccc2C(F)(F)F)n3[C@@H]2CCOC2)CC1. The molecule has 1 aromatic carbocycles. The van der Waals surface area contributed by atoms with Crippen molar-refractivity contribution in [1.82, 2.24) is 24.4 Å². The van der Waals surface area contributed by atoms with Crippen molar-refractivity contribution in [2.45, 2.75) is 32.5 Å². The van der Waals surface area contributed by atoms with E-state index in [2.05, 4.69) is 9.97 Å². The number of rotatable bonds is 3. The first-order valence-electron chi connectivity index (χ1n) is 11.3. The van der Waals surface area contributed by atoms with Gasteiger partial charge >= 0.3 is 6.18 Å². The molecular formula is C23H25F3N6O2. The van der Waals surface area contributed by atoms with Crippen LogP contribution >= 0.6 is 0 Å². The number of ether oxygens (including phenoxy) is 1. The summed E-state index contributed by atoms with van der Waals surface area (Å²) in [6, 6.07) is 5.29. The minimum atomic E-state index is -4.53. The lowest BCUT2D eigenvalue weighted by Gasteiger charge is -2.35. The highest BCUT2D eigenvalue weighted by Crippen LogP contribution is 2.40. The molecule has 1 amide bonds. The summed E-state index contributed by atoms with van der Waals surface area (Å²) in [7, 11) is 0. The van der Waals surface area contributed by atoms with Crippen LogP contribution in [0.15, 0.2) is 24.3 Å². The highest BCUT2D eigenvalue weighted by Gasteiger charge is 2.36. The van der Waals surface area contributed by atoms with Crippen LogP contribution in [0.2, 0.25) is 0 Å². The lowest BCUT2D eigenvalue weighted by Crippen LogP contribution is -2.48. The molecule has 2 aromatic heterocycles. The first-order valence-corrected chi connectivity index (χ1v) is 11.3. The molecule has 3 aromatic rings. The first-order chi connectivity index (χ1) is 16.2. The highest BCUT2D eigenvalue weighted by molar-refractivity contribution is 5.88. The molecule has 8 nitrogen and oxygen atoms in total. The van der Waals surface area contributed by atoms with Gasteiger partial charge in [-0.2, -0.15) is 13.2 Å². The zero-order valence-electron chi connectivity index (χ0n) is 19.0. The fourth-order valence-corrected chi connectivity index (χ4v) is 4.71. The molecule has 0 N–H and O–H groups in total. The van der Waals surface area contributed by atoms with Crippen LogP contribution in [-0.4, -0.2) is 69.7 Å². The zero-order chi connectivity index (χ0) is 24.0. The lowest BCUT2D eigenvalue weighted by molar-refractivity contribution is -0.137. The summed E-state index contributed by atoms with van der Waals surface area (Å²) >= 11 is 0. The number of hydrogen-bond acceptors (Lipinski definition) is 6. The molecule has 5 rings (SSSR count). The van der Waals surface area contributed by atoms with Gasteiger partial charge < -0.3 is 19.1 Å². The first kappa shape index (κ1) is 22.6. The molecule has 1 atom stereocenters. The quantitative estimate of drug-likeness (QED) is 0.579. The molecule has 4 heterocycles. The second-order valence-electron chi connectivity index (χ2n) is 8.63. The minimum Gasteiger partial charge on any atom is -0.379 e. The average Bonchev–Trinajstić information content (AvgIpc) is 3.45. The Morgan fingerprint density at radius 1 is 1.09 bits per heavy atom. The van der Waals surface area contributed by atoms with Crippen molar-refractivity contribution >= 4 is 22.9 Å². The van der Waals surface area contributed by atoms with Gasteiger partial charge in [0.05, 0.1) is 18.2 Å². The third kappa shape index (κ3) is 3.97. The minimum absolute atomic E-state index is 0.00454. The summed E-state index contributed by atoms with van der Waals surface area (Å²) < 4.78 is 49.1. The van der Waals surface area contributed by atoms with Gasteiger partial charge in [0.2, 0.25) is 5.91 Å². The smallest absolute Gasteiger partial charge is 0.379 e. The normalized spacial score (nSPS) is 19.3. The number of fused-ring (bicyclic) bond motifs is 1. The Morgan fingerprint density at radius 3 is 2.47 bits per heavy atom. The molecule has 2 aliphatic rings. The summed E-state index contributed by atoms with van der Waals surface area (Å²) in [6.45, 7) is 6.40. The predicted molar refractivity (Wildman–Crippen MR) is 119 cm³/mol. The number of halogens is 3. The Balaban J connectivity index is 1.70. The number of hydrogen-bond donors (Lipinski definition) is 0. The highest BCUT2D eigenvalue weighted by atomic mass is 19.4. The zero-order valence-corrected chi connectivity index (χ0v) is 19.0. The number of imidazole rings is 1. The van der Waals surface area contributed by atoms with Gasteiger partial charge in [0.1, 0.15) is 11.6 Å². The largest absolute Gasteiger partial charge is 0.417 e. The number of amides is 1. The Kier molecular flexibility index (Phi) is 5.67. The summed E-state index contributed by atoms with van der Waals surface area (Å²) in [5.74, 6) is 1.31. The van der Waals surface area contributed by atoms with Gasteiger partial charge in [0.25, 0.3) is 0 Å². The van der Waals surface area contributed by atoms with E-state index in [0.29, 0.717) is 68.6 Å². The third-order valence-corrected chi connectivity index (χ3v) is 6.40. The van der Waals surface area contributed by atoms with Gasteiger partial charge in [-0.3, -0.25) is 4.79 Å². The second-order valence-corrected chi connectivity index (χ2v) is 8.63. The van der Waals surface area contributed by atoms with E-state index in [4.69, 9.17) is 9.72 Å². The van der Waals surface area contributed by atoms with E-state index in [1.807, 2.05) is 4.90 Å². The standard InChI is InChI=1S/C23H25F3N6O2/c1-14-27-21(31-10-8-30(9-11-31)15(2)33)19-22(28-14)32(16-7-12-34-13-16)20(29-19)17-5-3-4-6-18(17)23(24,25)26/h3-6,16H,7-13H2,1-2H3/t16-/m1/s1. The Labute approximate surface area is 194 Å². The summed E-state index contributed by atoms with van der Waals surface area (Å²) in [5.41, 5.74) is 0.219. The summed E-state index contributed by atoms with van der Waals surface area (Å²) in [4.78, 5) is 29.5. The number of aromatic nitrogens is 4. The van der Waals surface area contributed by atoms with Crippen LogP contribution in [0.4, 0.5) is 19.0 Å². The van der Waals surface area contributed by atoms with E-state index in [9.17, 15) is 18.0 Å². The summed E-state index contributed by atoms with van der Waals surface area (Å²) in [5, 5.41) is 0.